The number of hydrogen-bond acceptors (Lipinski definition) is 2. The number of nitrogens with two attached hydrogens (primary N) is 2. The number of benzene rings is 3. The minimum Gasteiger partial charge on any atom is -0.387 e. The first-order valence-corrected chi connectivity index (χ1v) is 7.15. The maximum atomic E-state index is 7.67. The molecule has 4 heteroatoms. The molecule has 0 aliphatic rings. The monoisotopic (exact) mass is 290 g/mol. The largest absolute Gasteiger partial charge is 0.387 e. The van der Waals surface area contributed by atoms with Gasteiger partial charge in [-0.05, 0) is 32.7 Å². The molecule has 0 unspecified atom stereocenters. The van der Waals surface area contributed by atoms with Crippen molar-refractivity contribution in [1.29, 1.82) is 10.8 Å². The number of rotatable bonds is 4. The fourth-order valence-electron chi connectivity index (χ4n) is 3.07. The highest BCUT2D eigenvalue weighted by Crippen LogP contribution is 2.33. The molecule has 3 rings (SSSR count). The normalized spacial score (nSPS) is 10.9. The summed E-state index contributed by atoms with van der Waals surface area (Å²) in [5.41, 5.74) is 13.4. The van der Waals surface area contributed by atoms with Crippen LogP contribution in [0.1, 0.15) is 11.1 Å². The summed E-state index contributed by atoms with van der Waals surface area (Å²) in [5.74, 6) is 0.296. The predicted molar refractivity (Wildman–Crippen MR) is 92.7 cm³/mol. The third-order valence-electron chi connectivity index (χ3n) is 3.89. The molecule has 0 amide bonds. The summed E-state index contributed by atoms with van der Waals surface area (Å²) in [6, 6.07) is 16.1. The van der Waals surface area contributed by atoms with Crippen molar-refractivity contribution < 1.29 is 0 Å². The Hall–Kier alpha value is -2.88. The van der Waals surface area contributed by atoms with Gasteiger partial charge in [-0.2, -0.15) is 0 Å². The molecule has 22 heavy (non-hydrogen) atoms. The van der Waals surface area contributed by atoms with Crippen molar-refractivity contribution in [3.05, 3.63) is 59.7 Å². The summed E-state index contributed by atoms with van der Waals surface area (Å²) in [5, 5.41) is 19.7. The third kappa shape index (κ3) is 2.39. The highest BCUT2D eigenvalue weighted by Gasteiger charge is 2.14. The first-order valence-electron chi connectivity index (χ1n) is 7.15. The van der Waals surface area contributed by atoms with Crippen molar-refractivity contribution in [2.24, 2.45) is 11.5 Å². The zero-order valence-electron chi connectivity index (χ0n) is 12.2. The van der Waals surface area contributed by atoms with Crippen LogP contribution in [0, 0.1) is 10.8 Å². The Balaban J connectivity index is 2.47. The highest BCUT2D eigenvalue weighted by molar-refractivity contribution is 6.09. The summed E-state index contributed by atoms with van der Waals surface area (Å²) >= 11 is 0. The first kappa shape index (κ1) is 14.1. The van der Waals surface area contributed by atoms with Crippen LogP contribution in [0.15, 0.2) is 48.5 Å². The maximum Gasteiger partial charge on any atom is 0.0950 e. The van der Waals surface area contributed by atoms with E-state index >= 15 is 0 Å². The summed E-state index contributed by atoms with van der Waals surface area (Å²) in [7, 11) is 0. The standard InChI is InChI=1S/C18H18N4/c19-17(20)9-15-11-5-1-2-6-12(11)16(10-18(21)22)14-8-4-3-7-13(14)15/h1-8H,9-10H2,(H3,19,20)(H3,21,22). The number of fused-ring (bicyclic) bond motifs is 2. The van der Waals surface area contributed by atoms with Gasteiger partial charge in [0, 0.05) is 12.8 Å². The average Bonchev–Trinajstić information content (AvgIpc) is 2.50. The quantitative estimate of drug-likeness (QED) is 0.337. The molecule has 110 valence electrons. The van der Waals surface area contributed by atoms with Crippen LogP contribution in [0.2, 0.25) is 0 Å². The molecule has 0 saturated carbocycles. The molecule has 0 spiro atoms. The highest BCUT2D eigenvalue weighted by atomic mass is 14.7. The van der Waals surface area contributed by atoms with Crippen molar-refractivity contribution in [3.63, 3.8) is 0 Å². The Morgan fingerprint density at radius 3 is 1.14 bits per heavy atom. The van der Waals surface area contributed by atoms with Crippen LogP contribution in [0.3, 0.4) is 0 Å². The molecule has 4 nitrogen and oxygen atoms in total. The number of hydrogen-bond donors (Lipinski definition) is 4. The predicted octanol–water partition coefficient (Wildman–Crippen LogP) is 2.95. The van der Waals surface area contributed by atoms with Gasteiger partial charge in [-0.15, -0.1) is 0 Å². The lowest BCUT2D eigenvalue weighted by molar-refractivity contribution is 1.26. The van der Waals surface area contributed by atoms with Crippen LogP contribution in [-0.2, 0) is 12.8 Å². The van der Waals surface area contributed by atoms with Gasteiger partial charge in [0.2, 0.25) is 0 Å². The molecule has 3 aromatic carbocycles. The summed E-state index contributed by atoms with van der Waals surface area (Å²) < 4.78 is 0. The second-order valence-electron chi connectivity index (χ2n) is 5.45. The molecule has 0 heterocycles. The van der Waals surface area contributed by atoms with Gasteiger partial charge in [-0.3, -0.25) is 10.8 Å². The van der Waals surface area contributed by atoms with Gasteiger partial charge in [0.25, 0.3) is 0 Å². The number of nitrogens with one attached hydrogen (secondary N) is 2. The Morgan fingerprint density at radius 1 is 0.636 bits per heavy atom. The van der Waals surface area contributed by atoms with E-state index < -0.39 is 0 Å². The minimum absolute atomic E-state index is 0.148. The van der Waals surface area contributed by atoms with Crippen LogP contribution >= 0.6 is 0 Å². The fraction of sp³-hybridized carbons (Fsp3) is 0.111. The second-order valence-corrected chi connectivity index (χ2v) is 5.45. The van der Waals surface area contributed by atoms with Crippen molar-refractivity contribution in [2.45, 2.75) is 12.8 Å². The van der Waals surface area contributed by atoms with E-state index in [2.05, 4.69) is 0 Å². The van der Waals surface area contributed by atoms with Crippen LogP contribution in [-0.4, -0.2) is 11.7 Å². The lowest BCUT2D eigenvalue weighted by atomic mass is 9.89. The molecule has 0 bridgehead atoms. The zero-order valence-corrected chi connectivity index (χ0v) is 12.2. The van der Waals surface area contributed by atoms with E-state index in [9.17, 15) is 0 Å². The van der Waals surface area contributed by atoms with Crippen LogP contribution < -0.4 is 11.5 Å². The molecule has 6 N–H and O–H groups in total. The van der Waals surface area contributed by atoms with Crippen molar-refractivity contribution in [3.8, 4) is 0 Å². The van der Waals surface area contributed by atoms with E-state index in [1.54, 1.807) is 0 Å². The summed E-state index contributed by atoms with van der Waals surface area (Å²) in [6.07, 6.45) is 0.836. The Labute approximate surface area is 128 Å². The van der Waals surface area contributed by atoms with Crippen molar-refractivity contribution in [2.75, 3.05) is 0 Å². The van der Waals surface area contributed by atoms with Gasteiger partial charge < -0.3 is 11.5 Å². The molecule has 0 aliphatic carbocycles. The molecular weight excluding hydrogens is 272 g/mol. The zero-order chi connectivity index (χ0) is 15.7. The molecule has 0 atom stereocenters. The molecule has 0 radical (unpaired) electrons. The molecule has 0 saturated heterocycles. The van der Waals surface area contributed by atoms with Crippen LogP contribution in [0.5, 0.6) is 0 Å². The summed E-state index contributed by atoms with van der Waals surface area (Å²) in [4.78, 5) is 0. The van der Waals surface area contributed by atoms with Crippen LogP contribution in [0.25, 0.3) is 21.5 Å². The van der Waals surface area contributed by atoms with E-state index in [1.807, 2.05) is 48.5 Å². The van der Waals surface area contributed by atoms with Crippen molar-refractivity contribution in [1.82, 2.24) is 0 Å². The topological polar surface area (TPSA) is 99.7 Å². The van der Waals surface area contributed by atoms with Gasteiger partial charge in [-0.1, -0.05) is 48.5 Å². The molecule has 3 aromatic rings. The van der Waals surface area contributed by atoms with Gasteiger partial charge in [-0.25, -0.2) is 0 Å². The third-order valence-corrected chi connectivity index (χ3v) is 3.89. The van der Waals surface area contributed by atoms with Gasteiger partial charge >= 0.3 is 0 Å². The fourth-order valence-corrected chi connectivity index (χ4v) is 3.07. The molecule has 0 aliphatic heterocycles. The van der Waals surface area contributed by atoms with E-state index in [0.717, 1.165) is 32.7 Å². The summed E-state index contributed by atoms with van der Waals surface area (Å²) in [6.45, 7) is 0. The van der Waals surface area contributed by atoms with E-state index in [0.29, 0.717) is 12.8 Å². The van der Waals surface area contributed by atoms with E-state index in [-0.39, 0.29) is 11.7 Å². The Bertz CT molecular complexity index is 765. The lowest BCUT2D eigenvalue weighted by Gasteiger charge is -2.16. The van der Waals surface area contributed by atoms with Crippen molar-refractivity contribution >= 4 is 33.2 Å². The average molecular weight is 290 g/mol. The van der Waals surface area contributed by atoms with Gasteiger partial charge in [0.15, 0.2) is 0 Å². The Kier molecular flexibility index (Phi) is 3.51. The molecule has 0 fully saturated rings. The molecule has 0 aromatic heterocycles. The second kappa shape index (κ2) is 5.48. The van der Waals surface area contributed by atoms with E-state index in [1.165, 1.54) is 0 Å². The number of amidine groups is 2. The minimum atomic E-state index is 0.148. The SMILES string of the molecule is N=C(N)Cc1c2ccccc2c(CC(=N)N)c2ccccc12. The van der Waals surface area contributed by atoms with Gasteiger partial charge in [0.1, 0.15) is 0 Å². The van der Waals surface area contributed by atoms with E-state index in [4.69, 9.17) is 22.3 Å². The Morgan fingerprint density at radius 2 is 0.909 bits per heavy atom. The lowest BCUT2D eigenvalue weighted by Crippen LogP contribution is -2.15. The van der Waals surface area contributed by atoms with Crippen LogP contribution in [0.4, 0.5) is 0 Å². The maximum absolute atomic E-state index is 7.67. The smallest absolute Gasteiger partial charge is 0.0950 e. The molecular formula is C18H18N4. The first-order chi connectivity index (χ1) is 10.6. The van der Waals surface area contributed by atoms with Gasteiger partial charge in [0.05, 0.1) is 11.7 Å².